The second-order valence-corrected chi connectivity index (χ2v) is 15.3. The third kappa shape index (κ3) is 5.51. The summed E-state index contributed by atoms with van der Waals surface area (Å²) in [5.41, 5.74) is 13.5. The lowest BCUT2D eigenvalue weighted by molar-refractivity contribution is 0.669. The Morgan fingerprint density at radius 3 is 1.80 bits per heavy atom. The lowest BCUT2D eigenvalue weighted by Gasteiger charge is -2.26. The van der Waals surface area contributed by atoms with Gasteiger partial charge in [0, 0.05) is 38.3 Å². The van der Waals surface area contributed by atoms with Crippen LogP contribution in [0.25, 0.3) is 98.8 Å². The SMILES string of the molecule is c1ccc(-c2cccc(N(c3ccc(-c4ccc5ccccc5c4)cc3)c3cccc4c3oc3c5ccccc5c(-c5ccc6oc7ccccc7c6c5)cc43)c2)cc1. The largest absolute Gasteiger partial charge is 0.456 e. The maximum Gasteiger partial charge on any atom is 0.159 e. The summed E-state index contributed by atoms with van der Waals surface area (Å²) < 4.78 is 13.3. The molecule has 59 heavy (non-hydrogen) atoms. The fraction of sp³-hybridized carbons (Fsp3) is 0. The molecular weight excluding hydrogens is 719 g/mol. The third-order valence-electron chi connectivity index (χ3n) is 11.8. The first kappa shape index (κ1) is 33.3. The van der Waals surface area contributed by atoms with Gasteiger partial charge in [-0.1, -0.05) is 152 Å². The molecule has 0 aliphatic carbocycles. The van der Waals surface area contributed by atoms with Crippen molar-refractivity contribution in [3.63, 3.8) is 0 Å². The molecule has 276 valence electrons. The fourth-order valence-corrected chi connectivity index (χ4v) is 8.97. The van der Waals surface area contributed by atoms with Crippen LogP contribution in [0.3, 0.4) is 0 Å². The highest BCUT2D eigenvalue weighted by molar-refractivity contribution is 6.21. The van der Waals surface area contributed by atoms with E-state index in [4.69, 9.17) is 8.83 Å². The van der Waals surface area contributed by atoms with Crippen LogP contribution >= 0.6 is 0 Å². The Bertz CT molecular complexity index is 3560. The summed E-state index contributed by atoms with van der Waals surface area (Å²) in [5.74, 6) is 0. The average molecular weight is 754 g/mol. The number of nitrogens with zero attached hydrogens (tertiary/aromatic N) is 1. The van der Waals surface area contributed by atoms with Gasteiger partial charge in [-0.2, -0.15) is 0 Å². The van der Waals surface area contributed by atoms with E-state index >= 15 is 0 Å². The normalized spacial score (nSPS) is 11.7. The molecule has 3 nitrogen and oxygen atoms in total. The molecular formula is C56H35NO2. The summed E-state index contributed by atoms with van der Waals surface area (Å²) in [7, 11) is 0. The second kappa shape index (κ2) is 13.4. The Morgan fingerprint density at radius 1 is 0.288 bits per heavy atom. The Balaban J connectivity index is 1.05. The molecule has 12 rings (SSSR count). The van der Waals surface area contributed by atoms with Crippen LogP contribution in [0.15, 0.2) is 221 Å². The van der Waals surface area contributed by atoms with Crippen molar-refractivity contribution < 1.29 is 8.83 Å². The zero-order chi connectivity index (χ0) is 38.9. The molecule has 10 aromatic carbocycles. The first-order valence-corrected chi connectivity index (χ1v) is 20.1. The minimum absolute atomic E-state index is 0.838. The average Bonchev–Trinajstić information content (AvgIpc) is 3.88. The van der Waals surface area contributed by atoms with E-state index in [1.165, 1.54) is 27.5 Å². The summed E-state index contributed by atoms with van der Waals surface area (Å²) in [5, 5.41) is 9.08. The quantitative estimate of drug-likeness (QED) is 0.169. The van der Waals surface area contributed by atoms with Crippen LogP contribution in [0.2, 0.25) is 0 Å². The third-order valence-corrected chi connectivity index (χ3v) is 11.8. The summed E-state index contributed by atoms with van der Waals surface area (Å²) >= 11 is 0. The highest BCUT2D eigenvalue weighted by Gasteiger charge is 2.22. The van der Waals surface area contributed by atoms with Crippen LogP contribution < -0.4 is 4.90 Å². The highest BCUT2D eigenvalue weighted by atomic mass is 16.3. The molecule has 0 amide bonds. The van der Waals surface area contributed by atoms with Crippen molar-refractivity contribution in [3.8, 4) is 33.4 Å². The first-order chi connectivity index (χ1) is 29.2. The number of benzene rings is 10. The van der Waals surface area contributed by atoms with Gasteiger partial charge >= 0.3 is 0 Å². The molecule has 0 aliphatic rings. The van der Waals surface area contributed by atoms with E-state index in [0.29, 0.717) is 0 Å². The minimum atomic E-state index is 0.838. The summed E-state index contributed by atoms with van der Waals surface area (Å²) in [6.07, 6.45) is 0. The number of rotatable bonds is 6. The summed E-state index contributed by atoms with van der Waals surface area (Å²) in [6.45, 7) is 0. The predicted molar refractivity (Wildman–Crippen MR) is 247 cm³/mol. The van der Waals surface area contributed by atoms with E-state index in [1.807, 2.05) is 12.1 Å². The van der Waals surface area contributed by atoms with E-state index in [-0.39, 0.29) is 0 Å². The van der Waals surface area contributed by atoms with Crippen LogP contribution in [0.5, 0.6) is 0 Å². The number of anilines is 3. The highest BCUT2D eigenvalue weighted by Crippen LogP contribution is 2.46. The van der Waals surface area contributed by atoms with Crippen LogP contribution in [-0.4, -0.2) is 0 Å². The van der Waals surface area contributed by atoms with Crippen molar-refractivity contribution in [2.45, 2.75) is 0 Å². The van der Waals surface area contributed by atoms with E-state index < -0.39 is 0 Å². The van der Waals surface area contributed by atoms with Gasteiger partial charge in [-0.25, -0.2) is 0 Å². The Kier molecular flexibility index (Phi) is 7.54. The monoisotopic (exact) mass is 753 g/mol. The fourth-order valence-electron chi connectivity index (χ4n) is 8.97. The molecule has 0 saturated carbocycles. The molecule has 0 bridgehead atoms. The van der Waals surface area contributed by atoms with Gasteiger partial charge in [0.25, 0.3) is 0 Å². The maximum absolute atomic E-state index is 7.12. The predicted octanol–water partition coefficient (Wildman–Crippen LogP) is 16.3. The van der Waals surface area contributed by atoms with Crippen LogP contribution in [0.4, 0.5) is 17.1 Å². The van der Waals surface area contributed by atoms with Gasteiger partial charge in [-0.15, -0.1) is 0 Å². The van der Waals surface area contributed by atoms with Gasteiger partial charge in [0.2, 0.25) is 0 Å². The van der Waals surface area contributed by atoms with Crippen LogP contribution in [0.1, 0.15) is 0 Å². The zero-order valence-electron chi connectivity index (χ0n) is 32.0. The van der Waals surface area contributed by atoms with Crippen molar-refractivity contribution in [3.05, 3.63) is 212 Å². The van der Waals surface area contributed by atoms with Crippen molar-refractivity contribution in [2.75, 3.05) is 4.90 Å². The van der Waals surface area contributed by atoms with Gasteiger partial charge < -0.3 is 13.7 Å². The molecule has 0 spiro atoms. The van der Waals surface area contributed by atoms with Crippen LogP contribution in [-0.2, 0) is 0 Å². The van der Waals surface area contributed by atoms with Crippen molar-refractivity contribution in [1.29, 1.82) is 0 Å². The number of hydrogen-bond acceptors (Lipinski definition) is 3. The second-order valence-electron chi connectivity index (χ2n) is 15.3. The molecule has 3 heteroatoms. The number of fused-ring (bicyclic) bond motifs is 9. The van der Waals surface area contributed by atoms with Gasteiger partial charge in [0.15, 0.2) is 5.58 Å². The number of para-hydroxylation sites is 2. The molecule has 0 radical (unpaired) electrons. The molecule has 12 aromatic rings. The summed E-state index contributed by atoms with van der Waals surface area (Å²) in [6, 6.07) is 75.7. The van der Waals surface area contributed by atoms with Gasteiger partial charge in [-0.05, 0) is 110 Å². The van der Waals surface area contributed by atoms with E-state index in [1.54, 1.807) is 0 Å². The molecule has 2 aromatic heterocycles. The van der Waals surface area contributed by atoms with Crippen LogP contribution in [0, 0.1) is 0 Å². The topological polar surface area (TPSA) is 29.5 Å². The summed E-state index contributed by atoms with van der Waals surface area (Å²) in [4.78, 5) is 2.34. The first-order valence-electron chi connectivity index (χ1n) is 20.1. The Morgan fingerprint density at radius 2 is 0.915 bits per heavy atom. The Labute approximate surface area is 340 Å². The molecule has 0 saturated heterocycles. The maximum atomic E-state index is 7.12. The van der Waals surface area contributed by atoms with E-state index in [2.05, 4.69) is 205 Å². The lowest BCUT2D eigenvalue weighted by atomic mass is 9.94. The molecule has 0 atom stereocenters. The zero-order valence-corrected chi connectivity index (χ0v) is 32.0. The van der Waals surface area contributed by atoms with E-state index in [0.717, 1.165) is 88.4 Å². The molecule has 0 unspecified atom stereocenters. The molecule has 0 N–H and O–H groups in total. The molecule has 0 fully saturated rings. The minimum Gasteiger partial charge on any atom is -0.456 e. The van der Waals surface area contributed by atoms with Gasteiger partial charge in [-0.3, -0.25) is 0 Å². The van der Waals surface area contributed by atoms with Crippen molar-refractivity contribution >= 4 is 82.5 Å². The smallest absolute Gasteiger partial charge is 0.159 e. The lowest BCUT2D eigenvalue weighted by Crippen LogP contribution is -2.10. The van der Waals surface area contributed by atoms with Crippen molar-refractivity contribution in [2.24, 2.45) is 0 Å². The number of furan rings is 2. The van der Waals surface area contributed by atoms with E-state index in [9.17, 15) is 0 Å². The number of hydrogen-bond donors (Lipinski definition) is 0. The Hall–Kier alpha value is -7.88. The van der Waals surface area contributed by atoms with Gasteiger partial charge in [0.1, 0.15) is 16.7 Å². The van der Waals surface area contributed by atoms with Gasteiger partial charge in [0.05, 0.1) is 5.69 Å². The standard InChI is InChI=1S/C56H35NO2/c1-2-12-36(13-3-1)40-16-10-17-44(33-40)57(43-29-26-38(27-30-43)41-25-24-37-14-4-5-15-39(37)32-41)52-22-11-21-48-51-35-49(45-18-6-7-20-47(45)55(51)59-56(48)52)42-28-31-54-50(34-42)46-19-8-9-23-53(46)58-54/h1-35H. The molecule has 0 aliphatic heterocycles. The molecule has 2 heterocycles. The van der Waals surface area contributed by atoms with Crippen molar-refractivity contribution in [1.82, 2.24) is 0 Å².